The second-order valence-corrected chi connectivity index (χ2v) is 8.44. The van der Waals surface area contributed by atoms with Crippen molar-refractivity contribution in [3.05, 3.63) is 114 Å². The van der Waals surface area contributed by atoms with Gasteiger partial charge in [0, 0.05) is 31.3 Å². The number of carbonyl (C=O) groups is 1. The van der Waals surface area contributed by atoms with Crippen LogP contribution in [0.2, 0.25) is 0 Å². The van der Waals surface area contributed by atoms with Gasteiger partial charge in [-0.25, -0.2) is 4.98 Å². The molecule has 0 radical (unpaired) electrons. The zero-order valence-corrected chi connectivity index (χ0v) is 18.9. The number of nitrogens with one attached hydrogen (secondary N) is 2. The Morgan fingerprint density at radius 1 is 0.912 bits per heavy atom. The fourth-order valence-corrected chi connectivity index (χ4v) is 4.28. The largest absolute Gasteiger partial charge is 0.363 e. The molecule has 5 heteroatoms. The van der Waals surface area contributed by atoms with Gasteiger partial charge in [0.25, 0.3) is 0 Å². The Morgan fingerprint density at radius 3 is 2.56 bits per heavy atom. The lowest BCUT2D eigenvalue weighted by Gasteiger charge is -2.19. The van der Waals surface area contributed by atoms with Crippen LogP contribution in [0, 0.1) is 0 Å². The van der Waals surface area contributed by atoms with E-state index in [2.05, 4.69) is 69.9 Å². The summed E-state index contributed by atoms with van der Waals surface area (Å²) in [6, 6.07) is 29.0. The quantitative estimate of drug-likeness (QED) is 0.325. The number of hydrogen-bond donors (Lipinski definition) is 2. The van der Waals surface area contributed by atoms with Crippen LogP contribution >= 0.6 is 0 Å². The first-order valence-electron chi connectivity index (χ1n) is 11.6. The molecule has 0 aliphatic carbocycles. The minimum absolute atomic E-state index is 0.103. The Kier molecular flexibility index (Phi) is 6.64. The van der Waals surface area contributed by atoms with Gasteiger partial charge in [-0.05, 0) is 38.7 Å². The molecule has 2 N–H and O–H groups in total. The number of carbonyl (C=O) groups excluding carboxylic acids is 1. The predicted molar refractivity (Wildman–Crippen MR) is 135 cm³/mol. The van der Waals surface area contributed by atoms with Crippen LogP contribution in [0.1, 0.15) is 16.8 Å². The Bertz CT molecular complexity index is 1390. The summed E-state index contributed by atoms with van der Waals surface area (Å²) < 4.78 is 6.25. The average molecular weight is 450 g/mol. The first-order valence-corrected chi connectivity index (χ1v) is 11.6. The normalized spacial score (nSPS) is 12.1. The predicted octanol–water partition coefficient (Wildman–Crippen LogP) is 5.20. The van der Waals surface area contributed by atoms with Crippen molar-refractivity contribution >= 4 is 27.5 Å². The maximum absolute atomic E-state index is 13.2. The average Bonchev–Trinajstić information content (AvgIpc) is 3.40. The molecular weight excluding hydrogens is 422 g/mol. The van der Waals surface area contributed by atoms with Crippen molar-refractivity contribution in [3.63, 3.8) is 0 Å². The third kappa shape index (κ3) is 5.16. The molecule has 5 aromatic rings. The highest BCUT2D eigenvalue weighted by Crippen LogP contribution is 2.22. The van der Waals surface area contributed by atoms with Crippen LogP contribution in [0.15, 0.2) is 97.5 Å². The number of aromatic nitrogens is 2. The van der Waals surface area contributed by atoms with E-state index in [0.29, 0.717) is 26.0 Å². The van der Waals surface area contributed by atoms with Gasteiger partial charge in [-0.3, -0.25) is 4.79 Å². The van der Waals surface area contributed by atoms with Gasteiger partial charge in [0.15, 0.2) is 0 Å². The van der Waals surface area contributed by atoms with E-state index in [1.165, 1.54) is 10.8 Å². The van der Waals surface area contributed by atoms with E-state index < -0.39 is 6.10 Å². The van der Waals surface area contributed by atoms with E-state index in [1.807, 2.05) is 30.3 Å². The zero-order chi connectivity index (χ0) is 23.2. The van der Waals surface area contributed by atoms with Crippen molar-refractivity contribution in [1.82, 2.24) is 15.3 Å². The molecule has 4 aromatic carbocycles. The summed E-state index contributed by atoms with van der Waals surface area (Å²) in [5.41, 5.74) is 3.14. The van der Waals surface area contributed by atoms with Gasteiger partial charge in [-0.1, -0.05) is 78.9 Å². The molecule has 1 unspecified atom stereocenters. The number of benzene rings is 4. The number of imidazole rings is 1. The van der Waals surface area contributed by atoms with Gasteiger partial charge in [0.05, 0.1) is 12.9 Å². The fourth-order valence-electron chi connectivity index (χ4n) is 4.28. The van der Waals surface area contributed by atoms with Crippen molar-refractivity contribution in [3.8, 4) is 0 Å². The van der Waals surface area contributed by atoms with E-state index in [4.69, 9.17) is 4.74 Å². The van der Waals surface area contributed by atoms with Crippen molar-refractivity contribution in [2.45, 2.75) is 25.6 Å². The van der Waals surface area contributed by atoms with Crippen molar-refractivity contribution < 1.29 is 9.53 Å². The van der Waals surface area contributed by atoms with Crippen LogP contribution < -0.4 is 5.32 Å². The molecule has 0 saturated heterocycles. The van der Waals surface area contributed by atoms with Crippen LogP contribution in [0.4, 0.5) is 0 Å². The van der Waals surface area contributed by atoms with E-state index in [-0.39, 0.29) is 5.91 Å². The van der Waals surface area contributed by atoms with E-state index in [9.17, 15) is 4.79 Å². The fraction of sp³-hybridized carbons (Fsp3) is 0.172. The number of H-pyrrole nitrogens is 1. The van der Waals surface area contributed by atoms with Gasteiger partial charge in [-0.15, -0.1) is 0 Å². The Morgan fingerprint density at radius 2 is 1.71 bits per heavy atom. The molecule has 0 spiro atoms. The Labute approximate surface area is 198 Å². The van der Waals surface area contributed by atoms with E-state index in [1.54, 1.807) is 12.5 Å². The molecule has 0 bridgehead atoms. The van der Waals surface area contributed by atoms with Gasteiger partial charge in [0.2, 0.25) is 5.91 Å². The van der Waals surface area contributed by atoms with Crippen LogP contribution in [0.25, 0.3) is 21.5 Å². The molecule has 1 aromatic heterocycles. The summed E-state index contributed by atoms with van der Waals surface area (Å²) in [7, 11) is 0. The first kappa shape index (κ1) is 21.9. The molecule has 1 amide bonds. The SMILES string of the molecule is O=C(NCCc1cnc[nH]1)C(Cc1cccc2ccccc12)OCc1ccc2ccccc2c1. The smallest absolute Gasteiger partial charge is 0.249 e. The summed E-state index contributed by atoms with van der Waals surface area (Å²) in [6.07, 6.45) is 4.02. The van der Waals surface area contributed by atoms with Gasteiger partial charge in [-0.2, -0.15) is 0 Å². The maximum atomic E-state index is 13.2. The second kappa shape index (κ2) is 10.3. The number of hydrogen-bond acceptors (Lipinski definition) is 3. The second-order valence-electron chi connectivity index (χ2n) is 8.44. The summed E-state index contributed by atoms with van der Waals surface area (Å²) >= 11 is 0. The van der Waals surface area contributed by atoms with Crippen molar-refractivity contribution in [2.75, 3.05) is 6.54 Å². The summed E-state index contributed by atoms with van der Waals surface area (Å²) in [5.74, 6) is -0.103. The number of fused-ring (bicyclic) bond motifs is 2. The van der Waals surface area contributed by atoms with Crippen LogP contribution in [0.3, 0.4) is 0 Å². The molecule has 0 saturated carbocycles. The highest BCUT2D eigenvalue weighted by Gasteiger charge is 2.21. The zero-order valence-electron chi connectivity index (χ0n) is 18.9. The summed E-state index contributed by atoms with van der Waals surface area (Å²) in [5, 5.41) is 7.71. The molecule has 1 heterocycles. The first-order chi connectivity index (χ1) is 16.8. The topological polar surface area (TPSA) is 67.0 Å². The number of amides is 1. The standard InChI is InChI=1S/C29H27N3O2/c33-29(31-15-14-26-18-30-20-32-26)28(17-25-10-5-9-23-7-3-4-11-27(23)25)34-19-21-12-13-22-6-1-2-8-24(22)16-21/h1-13,16,18,20,28H,14-15,17,19H2,(H,30,32)(H,31,33). The van der Waals surface area contributed by atoms with E-state index >= 15 is 0 Å². The highest BCUT2D eigenvalue weighted by molar-refractivity contribution is 5.87. The third-order valence-electron chi connectivity index (χ3n) is 6.09. The van der Waals surface area contributed by atoms with Gasteiger partial charge >= 0.3 is 0 Å². The number of ether oxygens (including phenoxy) is 1. The monoisotopic (exact) mass is 449 g/mol. The molecule has 0 fully saturated rings. The van der Waals surface area contributed by atoms with E-state index in [0.717, 1.165) is 27.6 Å². The lowest BCUT2D eigenvalue weighted by molar-refractivity contribution is -0.133. The molecule has 170 valence electrons. The minimum atomic E-state index is -0.598. The van der Waals surface area contributed by atoms with Crippen LogP contribution in [0.5, 0.6) is 0 Å². The van der Waals surface area contributed by atoms with Gasteiger partial charge < -0.3 is 15.0 Å². The molecule has 5 nitrogen and oxygen atoms in total. The van der Waals surface area contributed by atoms with Crippen molar-refractivity contribution in [2.24, 2.45) is 0 Å². The summed E-state index contributed by atoms with van der Waals surface area (Å²) in [4.78, 5) is 20.3. The number of rotatable bonds is 9. The molecule has 5 rings (SSSR count). The molecule has 34 heavy (non-hydrogen) atoms. The Balaban J connectivity index is 1.33. The molecular formula is C29H27N3O2. The van der Waals surface area contributed by atoms with Crippen molar-refractivity contribution in [1.29, 1.82) is 0 Å². The van der Waals surface area contributed by atoms with Crippen LogP contribution in [-0.4, -0.2) is 28.5 Å². The molecule has 1 atom stereocenters. The number of aromatic amines is 1. The van der Waals surface area contributed by atoms with Crippen LogP contribution in [-0.2, 0) is 29.0 Å². The summed E-state index contributed by atoms with van der Waals surface area (Å²) in [6.45, 7) is 0.890. The van der Waals surface area contributed by atoms with Gasteiger partial charge in [0.1, 0.15) is 6.10 Å². The highest BCUT2D eigenvalue weighted by atomic mass is 16.5. The minimum Gasteiger partial charge on any atom is -0.363 e. The number of nitrogens with zero attached hydrogens (tertiary/aromatic N) is 1. The lowest BCUT2D eigenvalue weighted by atomic mass is 9.99. The molecule has 0 aliphatic rings. The molecule has 0 aliphatic heterocycles. The Hall–Kier alpha value is -3.96. The maximum Gasteiger partial charge on any atom is 0.249 e. The lowest BCUT2D eigenvalue weighted by Crippen LogP contribution is -2.39. The third-order valence-corrected chi connectivity index (χ3v) is 6.09.